The summed E-state index contributed by atoms with van der Waals surface area (Å²) in [7, 11) is 1.28. The van der Waals surface area contributed by atoms with E-state index in [0.717, 1.165) is 0 Å². The first-order chi connectivity index (χ1) is 9.48. The summed E-state index contributed by atoms with van der Waals surface area (Å²) >= 11 is 0. The van der Waals surface area contributed by atoms with E-state index in [0.29, 0.717) is 6.42 Å². The van der Waals surface area contributed by atoms with Crippen molar-refractivity contribution in [1.29, 1.82) is 0 Å². The molecule has 2 unspecified atom stereocenters. The maximum absolute atomic E-state index is 12.1. The van der Waals surface area contributed by atoms with Gasteiger partial charge in [0.15, 0.2) is 0 Å². The SMILES string of the molecule is COC(=O)C(CC(C)C)NC(=O)C(C)NC(=O)C(C)(C)C. The lowest BCUT2D eigenvalue weighted by atomic mass is 9.95. The fourth-order valence-corrected chi connectivity index (χ4v) is 1.60. The van der Waals surface area contributed by atoms with Crippen LogP contribution in [0.1, 0.15) is 48.0 Å². The van der Waals surface area contributed by atoms with Crippen molar-refractivity contribution in [2.75, 3.05) is 7.11 Å². The summed E-state index contributed by atoms with van der Waals surface area (Å²) in [6.07, 6.45) is 0.484. The standard InChI is InChI=1S/C15H28N2O4/c1-9(2)8-11(13(19)21-7)17-12(18)10(3)16-14(20)15(4,5)6/h9-11H,8H2,1-7H3,(H,16,20)(H,17,18). The minimum absolute atomic E-state index is 0.219. The molecule has 0 spiro atoms. The summed E-state index contributed by atoms with van der Waals surface area (Å²) in [5, 5.41) is 5.26. The molecular weight excluding hydrogens is 272 g/mol. The monoisotopic (exact) mass is 300 g/mol. The van der Waals surface area contributed by atoms with Gasteiger partial charge < -0.3 is 15.4 Å². The molecule has 0 aromatic rings. The van der Waals surface area contributed by atoms with Crippen molar-refractivity contribution in [3.05, 3.63) is 0 Å². The molecule has 21 heavy (non-hydrogen) atoms. The highest BCUT2D eigenvalue weighted by Crippen LogP contribution is 2.13. The first-order valence-electron chi connectivity index (χ1n) is 7.18. The van der Waals surface area contributed by atoms with Gasteiger partial charge in [-0.2, -0.15) is 0 Å². The Balaban J connectivity index is 4.68. The third-order valence-corrected chi connectivity index (χ3v) is 2.93. The summed E-state index contributed by atoms with van der Waals surface area (Å²) in [6.45, 7) is 10.8. The summed E-state index contributed by atoms with van der Waals surface area (Å²) in [5.74, 6) is -0.868. The lowest BCUT2D eigenvalue weighted by Crippen LogP contribution is -2.52. The zero-order valence-electron chi connectivity index (χ0n) is 14.1. The van der Waals surface area contributed by atoms with Gasteiger partial charge in [-0.1, -0.05) is 34.6 Å². The Hall–Kier alpha value is -1.59. The molecule has 0 aromatic heterocycles. The number of hydrogen-bond donors (Lipinski definition) is 2. The molecule has 2 atom stereocenters. The maximum Gasteiger partial charge on any atom is 0.328 e. The Bertz CT molecular complexity index is 386. The second-order valence-electron chi connectivity index (χ2n) is 6.66. The number of esters is 1. The minimum atomic E-state index is -0.712. The van der Waals surface area contributed by atoms with Crippen LogP contribution in [-0.2, 0) is 19.1 Å². The van der Waals surface area contributed by atoms with Crippen molar-refractivity contribution in [3.63, 3.8) is 0 Å². The normalized spacial score (nSPS) is 14.3. The smallest absolute Gasteiger partial charge is 0.328 e. The van der Waals surface area contributed by atoms with E-state index in [1.807, 2.05) is 13.8 Å². The molecule has 0 aliphatic carbocycles. The van der Waals surface area contributed by atoms with Crippen LogP contribution >= 0.6 is 0 Å². The second kappa shape index (κ2) is 8.00. The zero-order valence-corrected chi connectivity index (χ0v) is 14.1. The zero-order chi connectivity index (χ0) is 16.8. The number of methoxy groups -OCH3 is 1. The summed E-state index contributed by atoms with van der Waals surface area (Å²) in [6, 6.07) is -1.41. The molecule has 0 fully saturated rings. The number of hydrogen-bond acceptors (Lipinski definition) is 4. The summed E-state index contributed by atoms with van der Waals surface area (Å²) in [5.41, 5.74) is -0.575. The maximum atomic E-state index is 12.1. The number of carbonyl (C=O) groups excluding carboxylic acids is 3. The lowest BCUT2D eigenvalue weighted by molar-refractivity contribution is -0.145. The van der Waals surface area contributed by atoms with E-state index >= 15 is 0 Å². The van der Waals surface area contributed by atoms with Gasteiger partial charge in [0.2, 0.25) is 11.8 Å². The highest BCUT2D eigenvalue weighted by Gasteiger charge is 2.28. The van der Waals surface area contributed by atoms with Crippen LogP contribution in [0.3, 0.4) is 0 Å². The predicted octanol–water partition coefficient (Wildman–Crippen LogP) is 1.24. The highest BCUT2D eigenvalue weighted by molar-refractivity contribution is 5.91. The Morgan fingerprint density at radius 3 is 1.95 bits per heavy atom. The van der Waals surface area contributed by atoms with Crippen molar-refractivity contribution < 1.29 is 19.1 Å². The van der Waals surface area contributed by atoms with Crippen LogP contribution in [0.2, 0.25) is 0 Å². The Labute approximate surface area is 127 Å². The van der Waals surface area contributed by atoms with Crippen molar-refractivity contribution in [2.45, 2.75) is 60.0 Å². The highest BCUT2D eigenvalue weighted by atomic mass is 16.5. The lowest BCUT2D eigenvalue weighted by Gasteiger charge is -2.24. The second-order valence-corrected chi connectivity index (χ2v) is 6.66. The van der Waals surface area contributed by atoms with Crippen LogP contribution in [0.4, 0.5) is 0 Å². The van der Waals surface area contributed by atoms with E-state index in [9.17, 15) is 14.4 Å². The molecule has 2 N–H and O–H groups in total. The molecule has 0 heterocycles. The molecular formula is C15H28N2O4. The topological polar surface area (TPSA) is 84.5 Å². The van der Waals surface area contributed by atoms with Gasteiger partial charge in [0.05, 0.1) is 7.11 Å². The number of nitrogens with one attached hydrogen (secondary N) is 2. The van der Waals surface area contributed by atoms with E-state index in [1.165, 1.54) is 7.11 Å². The minimum Gasteiger partial charge on any atom is -0.467 e. The summed E-state index contributed by atoms with van der Waals surface area (Å²) < 4.78 is 4.69. The number of carbonyl (C=O) groups is 3. The van der Waals surface area contributed by atoms with Crippen molar-refractivity contribution in [2.24, 2.45) is 11.3 Å². The van der Waals surface area contributed by atoms with Crippen molar-refractivity contribution in [1.82, 2.24) is 10.6 Å². The van der Waals surface area contributed by atoms with Gasteiger partial charge in [-0.15, -0.1) is 0 Å². The van der Waals surface area contributed by atoms with Crippen LogP contribution < -0.4 is 10.6 Å². The fraction of sp³-hybridized carbons (Fsp3) is 0.800. The van der Waals surface area contributed by atoms with Gasteiger partial charge in [0, 0.05) is 5.41 Å². The quantitative estimate of drug-likeness (QED) is 0.723. The molecule has 0 bridgehead atoms. The predicted molar refractivity (Wildman–Crippen MR) is 80.5 cm³/mol. The van der Waals surface area contributed by atoms with E-state index in [2.05, 4.69) is 15.4 Å². The molecule has 0 aliphatic heterocycles. The molecule has 2 amide bonds. The van der Waals surface area contributed by atoms with Crippen LogP contribution in [0, 0.1) is 11.3 Å². The van der Waals surface area contributed by atoms with Gasteiger partial charge in [-0.3, -0.25) is 9.59 Å². The van der Waals surface area contributed by atoms with Crippen molar-refractivity contribution in [3.8, 4) is 0 Å². The molecule has 0 radical (unpaired) electrons. The van der Waals surface area contributed by atoms with Gasteiger partial charge in [0.25, 0.3) is 0 Å². The van der Waals surface area contributed by atoms with E-state index in [1.54, 1.807) is 27.7 Å². The third kappa shape index (κ3) is 7.11. The largest absolute Gasteiger partial charge is 0.467 e. The summed E-state index contributed by atoms with van der Waals surface area (Å²) in [4.78, 5) is 35.6. The van der Waals surface area contributed by atoms with Gasteiger partial charge in [-0.25, -0.2) is 4.79 Å². The fourth-order valence-electron chi connectivity index (χ4n) is 1.60. The van der Waals surface area contributed by atoms with Crippen molar-refractivity contribution >= 4 is 17.8 Å². The van der Waals surface area contributed by atoms with Crippen LogP contribution in [0.15, 0.2) is 0 Å². The van der Waals surface area contributed by atoms with Crippen LogP contribution in [0.25, 0.3) is 0 Å². The molecule has 0 saturated heterocycles. The molecule has 0 saturated carbocycles. The number of rotatable bonds is 6. The number of ether oxygens (including phenoxy) is 1. The molecule has 0 rings (SSSR count). The van der Waals surface area contributed by atoms with Gasteiger partial charge >= 0.3 is 5.97 Å². The molecule has 6 heteroatoms. The molecule has 122 valence electrons. The molecule has 0 aromatic carbocycles. The first kappa shape index (κ1) is 19.4. The number of amides is 2. The van der Waals surface area contributed by atoms with E-state index in [4.69, 9.17) is 0 Å². The Morgan fingerprint density at radius 1 is 1.05 bits per heavy atom. The Morgan fingerprint density at radius 2 is 1.57 bits per heavy atom. The van der Waals surface area contributed by atoms with Gasteiger partial charge in [-0.05, 0) is 19.3 Å². The van der Waals surface area contributed by atoms with Crippen LogP contribution in [-0.4, -0.2) is 37.0 Å². The van der Waals surface area contributed by atoms with Gasteiger partial charge in [0.1, 0.15) is 12.1 Å². The average Bonchev–Trinajstić information content (AvgIpc) is 2.34. The van der Waals surface area contributed by atoms with Crippen LogP contribution in [0.5, 0.6) is 0 Å². The van der Waals surface area contributed by atoms with E-state index in [-0.39, 0.29) is 11.8 Å². The van der Waals surface area contributed by atoms with E-state index < -0.39 is 29.4 Å². The molecule has 0 aliphatic rings. The third-order valence-electron chi connectivity index (χ3n) is 2.93. The molecule has 6 nitrogen and oxygen atoms in total. The first-order valence-corrected chi connectivity index (χ1v) is 7.18. The Kier molecular flexibility index (Phi) is 7.39. The average molecular weight is 300 g/mol.